The molecule has 1 aliphatic carbocycles. The van der Waals surface area contributed by atoms with E-state index in [4.69, 9.17) is 0 Å². The number of H-pyrrole nitrogens is 1. The lowest BCUT2D eigenvalue weighted by Crippen LogP contribution is -2.23. The summed E-state index contributed by atoms with van der Waals surface area (Å²) in [4.78, 5) is 19.9. The van der Waals surface area contributed by atoms with Crippen molar-refractivity contribution in [3.63, 3.8) is 0 Å². The molecule has 0 spiro atoms. The highest BCUT2D eigenvalue weighted by molar-refractivity contribution is 5.89. The average molecular weight is 394 g/mol. The first-order valence-electron chi connectivity index (χ1n) is 10.1. The van der Waals surface area contributed by atoms with Crippen molar-refractivity contribution in [3.8, 4) is 11.1 Å². The van der Waals surface area contributed by atoms with Crippen LogP contribution in [0.2, 0.25) is 0 Å². The van der Waals surface area contributed by atoms with E-state index < -0.39 is 0 Å². The third-order valence-corrected chi connectivity index (χ3v) is 6.04. The Labute approximate surface area is 174 Å². The molecular formula is C25H22N4O. The molecule has 3 aromatic carbocycles. The molecular weight excluding hydrogens is 372 g/mol. The van der Waals surface area contributed by atoms with Crippen LogP contribution in [0.3, 0.4) is 0 Å². The van der Waals surface area contributed by atoms with Crippen LogP contribution in [0.15, 0.2) is 84.2 Å². The van der Waals surface area contributed by atoms with Gasteiger partial charge in [-0.3, -0.25) is 4.79 Å². The van der Waals surface area contributed by atoms with Crippen LogP contribution < -0.4 is 5.43 Å². The molecule has 1 saturated carbocycles. The quantitative estimate of drug-likeness (QED) is 0.382. The van der Waals surface area contributed by atoms with E-state index in [0.29, 0.717) is 0 Å². The van der Waals surface area contributed by atoms with Crippen LogP contribution in [-0.4, -0.2) is 22.1 Å². The van der Waals surface area contributed by atoms with Crippen LogP contribution in [0.5, 0.6) is 0 Å². The summed E-state index contributed by atoms with van der Waals surface area (Å²) in [5.41, 5.74) is 8.89. The van der Waals surface area contributed by atoms with Crippen molar-refractivity contribution in [1.82, 2.24) is 15.4 Å². The second-order valence-corrected chi connectivity index (χ2v) is 8.03. The van der Waals surface area contributed by atoms with E-state index in [1.165, 1.54) is 16.7 Å². The van der Waals surface area contributed by atoms with Crippen molar-refractivity contribution < 1.29 is 4.79 Å². The molecule has 5 nitrogen and oxygen atoms in total. The molecule has 4 aromatic rings. The maximum atomic E-state index is 12.6. The average Bonchev–Trinajstić information content (AvgIpc) is 3.27. The number of rotatable bonds is 5. The molecule has 0 aliphatic heterocycles. The van der Waals surface area contributed by atoms with Gasteiger partial charge in [-0.15, -0.1) is 0 Å². The summed E-state index contributed by atoms with van der Waals surface area (Å²) in [6, 6.07) is 24.6. The normalized spacial score (nSPS) is 20.5. The SMILES string of the molecule is CC1(c2ccc(-c3ccccc3)cc2)CC1C(=O)N/N=C/c1ccc2nc[nH]c2c1. The zero-order valence-corrected chi connectivity index (χ0v) is 16.7. The molecule has 2 unspecified atom stereocenters. The lowest BCUT2D eigenvalue weighted by atomic mass is 9.93. The van der Waals surface area contributed by atoms with E-state index in [-0.39, 0.29) is 17.2 Å². The number of aromatic nitrogens is 2. The highest BCUT2D eigenvalue weighted by Crippen LogP contribution is 2.54. The Morgan fingerprint density at radius 1 is 1.10 bits per heavy atom. The minimum atomic E-state index is -0.135. The fourth-order valence-corrected chi connectivity index (χ4v) is 4.02. The number of imidazole rings is 1. The minimum Gasteiger partial charge on any atom is -0.345 e. The first kappa shape index (κ1) is 18.3. The fourth-order valence-electron chi connectivity index (χ4n) is 4.02. The molecule has 0 radical (unpaired) electrons. The van der Waals surface area contributed by atoms with Crippen molar-refractivity contribution in [3.05, 3.63) is 90.3 Å². The number of hydrogen-bond donors (Lipinski definition) is 2. The Bertz CT molecular complexity index is 1230. The lowest BCUT2D eigenvalue weighted by Gasteiger charge is -2.12. The number of fused-ring (bicyclic) bond motifs is 1. The Morgan fingerprint density at radius 3 is 2.67 bits per heavy atom. The van der Waals surface area contributed by atoms with Gasteiger partial charge in [0.15, 0.2) is 0 Å². The molecule has 1 amide bonds. The number of amides is 1. The van der Waals surface area contributed by atoms with Crippen molar-refractivity contribution in [2.75, 3.05) is 0 Å². The minimum absolute atomic E-state index is 0.0384. The van der Waals surface area contributed by atoms with E-state index in [9.17, 15) is 4.79 Å². The smallest absolute Gasteiger partial charge is 0.244 e. The topological polar surface area (TPSA) is 70.1 Å². The van der Waals surface area contributed by atoms with Gasteiger partial charge in [-0.1, -0.05) is 67.6 Å². The van der Waals surface area contributed by atoms with Crippen LogP contribution in [0.25, 0.3) is 22.2 Å². The summed E-state index contributed by atoms with van der Waals surface area (Å²) in [5.74, 6) is -0.101. The highest BCUT2D eigenvalue weighted by Gasteiger charge is 2.55. The summed E-state index contributed by atoms with van der Waals surface area (Å²) in [7, 11) is 0. The zero-order valence-electron chi connectivity index (χ0n) is 16.7. The van der Waals surface area contributed by atoms with Gasteiger partial charge in [0, 0.05) is 5.41 Å². The maximum absolute atomic E-state index is 12.6. The Hall–Kier alpha value is -3.73. The van der Waals surface area contributed by atoms with E-state index in [2.05, 4.69) is 63.8 Å². The Kier molecular flexibility index (Phi) is 4.43. The number of aromatic amines is 1. The summed E-state index contributed by atoms with van der Waals surface area (Å²) < 4.78 is 0. The monoisotopic (exact) mass is 394 g/mol. The van der Waals surface area contributed by atoms with E-state index >= 15 is 0 Å². The molecule has 1 aliphatic rings. The van der Waals surface area contributed by atoms with Crippen molar-refractivity contribution in [2.24, 2.45) is 11.0 Å². The zero-order chi connectivity index (χ0) is 20.6. The number of hydrazone groups is 1. The molecule has 0 saturated heterocycles. The van der Waals surface area contributed by atoms with Crippen LogP contribution in [0, 0.1) is 5.92 Å². The summed E-state index contributed by atoms with van der Waals surface area (Å²) in [5, 5.41) is 4.15. The van der Waals surface area contributed by atoms with Gasteiger partial charge in [0.1, 0.15) is 0 Å². The van der Waals surface area contributed by atoms with Gasteiger partial charge in [-0.25, -0.2) is 10.4 Å². The van der Waals surface area contributed by atoms with E-state index in [1.54, 1.807) is 12.5 Å². The Balaban J connectivity index is 1.23. The number of hydrogen-bond acceptors (Lipinski definition) is 3. The van der Waals surface area contributed by atoms with Gasteiger partial charge >= 0.3 is 0 Å². The molecule has 1 aromatic heterocycles. The van der Waals surface area contributed by atoms with Gasteiger partial charge in [-0.05, 0) is 40.8 Å². The number of nitrogens with one attached hydrogen (secondary N) is 2. The first-order valence-corrected chi connectivity index (χ1v) is 10.1. The summed E-state index contributed by atoms with van der Waals surface area (Å²) in [6.07, 6.45) is 4.15. The molecule has 0 bridgehead atoms. The molecule has 1 fully saturated rings. The maximum Gasteiger partial charge on any atom is 0.244 e. The number of nitrogens with zero attached hydrogens (tertiary/aromatic N) is 2. The second kappa shape index (κ2) is 7.26. The largest absolute Gasteiger partial charge is 0.345 e. The van der Waals surface area contributed by atoms with Crippen LogP contribution >= 0.6 is 0 Å². The van der Waals surface area contributed by atoms with Gasteiger partial charge in [0.05, 0.1) is 29.5 Å². The fraction of sp³-hybridized carbons (Fsp3) is 0.160. The molecule has 2 atom stereocenters. The molecule has 5 rings (SSSR count). The molecule has 148 valence electrons. The van der Waals surface area contributed by atoms with Crippen molar-refractivity contribution in [2.45, 2.75) is 18.8 Å². The van der Waals surface area contributed by atoms with E-state index in [1.807, 2.05) is 36.4 Å². The molecule has 5 heteroatoms. The van der Waals surface area contributed by atoms with Gasteiger partial charge in [0.2, 0.25) is 5.91 Å². The van der Waals surface area contributed by atoms with Crippen LogP contribution in [-0.2, 0) is 10.2 Å². The van der Waals surface area contributed by atoms with E-state index in [0.717, 1.165) is 23.0 Å². The van der Waals surface area contributed by atoms with Gasteiger partial charge in [-0.2, -0.15) is 5.10 Å². The Morgan fingerprint density at radius 2 is 1.87 bits per heavy atom. The third kappa shape index (κ3) is 3.39. The standard InChI is InChI=1S/C25H22N4O/c1-25(20-10-8-19(9-11-20)18-5-3-2-4-6-18)14-21(25)24(30)29-28-15-17-7-12-22-23(13-17)27-16-26-22/h2-13,15-16,21H,14H2,1H3,(H,26,27)(H,29,30)/b28-15+. The first-order chi connectivity index (χ1) is 14.6. The van der Waals surface area contributed by atoms with Crippen molar-refractivity contribution in [1.29, 1.82) is 0 Å². The van der Waals surface area contributed by atoms with Crippen molar-refractivity contribution >= 4 is 23.2 Å². The number of carbonyl (C=O) groups excluding carboxylic acids is 1. The number of carbonyl (C=O) groups is 1. The van der Waals surface area contributed by atoms with Crippen LogP contribution in [0.4, 0.5) is 0 Å². The predicted molar refractivity (Wildman–Crippen MR) is 119 cm³/mol. The second-order valence-electron chi connectivity index (χ2n) is 8.03. The van der Waals surface area contributed by atoms with Gasteiger partial charge in [0.25, 0.3) is 0 Å². The lowest BCUT2D eigenvalue weighted by molar-refractivity contribution is -0.122. The van der Waals surface area contributed by atoms with Gasteiger partial charge < -0.3 is 4.98 Å². The molecule has 30 heavy (non-hydrogen) atoms. The third-order valence-electron chi connectivity index (χ3n) is 6.04. The molecule has 2 N–H and O–H groups in total. The summed E-state index contributed by atoms with van der Waals surface area (Å²) in [6.45, 7) is 2.14. The van der Waals surface area contributed by atoms with Crippen LogP contribution in [0.1, 0.15) is 24.5 Å². The molecule has 1 heterocycles. The predicted octanol–water partition coefficient (Wildman–Crippen LogP) is 4.66. The number of benzene rings is 3. The summed E-state index contributed by atoms with van der Waals surface area (Å²) >= 11 is 0. The highest BCUT2D eigenvalue weighted by atomic mass is 16.2.